The number of nitrogens with zero attached hydrogens (tertiary/aromatic N) is 2. The Kier molecular flexibility index (Phi) is 6.21. The van der Waals surface area contributed by atoms with Crippen molar-refractivity contribution < 1.29 is 18.1 Å². The molecule has 1 aliphatic rings. The standard InChI is InChI=1S/C19H20ClN3O5S/c1-13-4-7-16(8-5-13)29(27,28)22-10-2-3-14(12-22)19(24)21-18-11-15(23(25)26)6-9-17(18)20/h4-9,11,14H,2-3,10,12H2,1H3,(H,21,24)/t14-/m0/s1. The molecule has 0 saturated carbocycles. The number of sulfonamides is 1. The van der Waals surface area contributed by atoms with E-state index in [2.05, 4.69) is 5.32 Å². The number of aryl methyl sites for hydroxylation is 1. The van der Waals surface area contributed by atoms with Gasteiger partial charge in [0.05, 0.1) is 26.4 Å². The van der Waals surface area contributed by atoms with Gasteiger partial charge < -0.3 is 5.32 Å². The molecule has 0 radical (unpaired) electrons. The Morgan fingerprint density at radius 1 is 1.24 bits per heavy atom. The highest BCUT2D eigenvalue weighted by atomic mass is 35.5. The average molecular weight is 438 g/mol. The van der Waals surface area contributed by atoms with Crippen molar-refractivity contribution in [1.82, 2.24) is 4.31 Å². The van der Waals surface area contributed by atoms with Gasteiger partial charge in [0, 0.05) is 25.2 Å². The Morgan fingerprint density at radius 2 is 1.93 bits per heavy atom. The fourth-order valence-electron chi connectivity index (χ4n) is 3.19. The van der Waals surface area contributed by atoms with Crippen LogP contribution in [0.1, 0.15) is 18.4 Å². The van der Waals surface area contributed by atoms with Gasteiger partial charge in [0.15, 0.2) is 0 Å². The van der Waals surface area contributed by atoms with Crippen LogP contribution in [0.2, 0.25) is 5.02 Å². The Morgan fingerprint density at radius 3 is 2.59 bits per heavy atom. The molecule has 2 aromatic carbocycles. The quantitative estimate of drug-likeness (QED) is 0.567. The number of nitrogens with one attached hydrogen (secondary N) is 1. The van der Waals surface area contributed by atoms with Gasteiger partial charge in [0.25, 0.3) is 5.69 Å². The summed E-state index contributed by atoms with van der Waals surface area (Å²) in [7, 11) is -3.71. The highest BCUT2D eigenvalue weighted by Crippen LogP contribution is 2.29. The maximum absolute atomic E-state index is 12.9. The van der Waals surface area contributed by atoms with Gasteiger partial charge in [-0.3, -0.25) is 14.9 Å². The van der Waals surface area contributed by atoms with Crippen molar-refractivity contribution in [2.45, 2.75) is 24.7 Å². The molecule has 154 valence electrons. The van der Waals surface area contributed by atoms with Crippen LogP contribution in [0.4, 0.5) is 11.4 Å². The molecule has 0 aliphatic carbocycles. The summed E-state index contributed by atoms with van der Waals surface area (Å²) in [4.78, 5) is 23.2. The van der Waals surface area contributed by atoms with Gasteiger partial charge in [-0.25, -0.2) is 8.42 Å². The predicted molar refractivity (Wildman–Crippen MR) is 109 cm³/mol. The van der Waals surface area contributed by atoms with Gasteiger partial charge in [0.1, 0.15) is 0 Å². The SMILES string of the molecule is Cc1ccc(S(=O)(=O)N2CCC[C@H](C(=O)Nc3cc([N+](=O)[O-])ccc3Cl)C2)cc1. The maximum atomic E-state index is 12.9. The molecule has 8 nitrogen and oxygen atoms in total. The van der Waals surface area contributed by atoms with Crippen LogP contribution in [0.5, 0.6) is 0 Å². The smallest absolute Gasteiger partial charge is 0.271 e. The highest BCUT2D eigenvalue weighted by Gasteiger charge is 2.33. The number of amides is 1. The Hall–Kier alpha value is -2.49. The first-order valence-corrected chi connectivity index (χ1v) is 10.8. The summed E-state index contributed by atoms with van der Waals surface area (Å²) in [5, 5.41) is 13.7. The molecule has 0 unspecified atom stereocenters. The van der Waals surface area contributed by atoms with Crippen LogP contribution < -0.4 is 5.32 Å². The second-order valence-corrected chi connectivity index (χ2v) is 9.27. The van der Waals surface area contributed by atoms with Gasteiger partial charge >= 0.3 is 0 Å². The third-order valence-electron chi connectivity index (χ3n) is 4.83. The lowest BCUT2D eigenvalue weighted by Crippen LogP contribution is -2.43. The number of hydrogen-bond donors (Lipinski definition) is 1. The van der Waals surface area contributed by atoms with Gasteiger partial charge in [-0.15, -0.1) is 0 Å². The monoisotopic (exact) mass is 437 g/mol. The number of anilines is 1. The van der Waals surface area contributed by atoms with E-state index < -0.39 is 26.8 Å². The molecule has 1 amide bonds. The van der Waals surface area contributed by atoms with E-state index in [0.717, 1.165) is 5.56 Å². The van der Waals surface area contributed by atoms with Crippen LogP contribution in [0.25, 0.3) is 0 Å². The molecule has 0 aromatic heterocycles. The van der Waals surface area contributed by atoms with E-state index in [1.807, 2.05) is 6.92 Å². The number of non-ortho nitro benzene ring substituents is 1. The van der Waals surface area contributed by atoms with E-state index in [1.54, 1.807) is 24.3 Å². The minimum absolute atomic E-state index is 0.0363. The molecule has 0 spiro atoms. The summed E-state index contributed by atoms with van der Waals surface area (Å²) in [6, 6.07) is 10.3. The summed E-state index contributed by atoms with van der Waals surface area (Å²) in [5.74, 6) is -1.00. The molecule has 1 saturated heterocycles. The first-order chi connectivity index (χ1) is 13.7. The fourth-order valence-corrected chi connectivity index (χ4v) is 4.88. The molecule has 0 bridgehead atoms. The van der Waals surface area contributed by atoms with Crippen molar-refractivity contribution in [3.63, 3.8) is 0 Å². The molecule has 1 aliphatic heterocycles. The molecular formula is C19H20ClN3O5S. The van der Waals surface area contributed by atoms with Gasteiger partial charge in [-0.05, 0) is 38.0 Å². The van der Waals surface area contributed by atoms with E-state index in [4.69, 9.17) is 11.6 Å². The van der Waals surface area contributed by atoms with E-state index in [-0.39, 0.29) is 27.8 Å². The number of carbonyl (C=O) groups excluding carboxylic acids is 1. The molecule has 10 heteroatoms. The summed E-state index contributed by atoms with van der Waals surface area (Å²) in [6.45, 7) is 2.24. The number of nitro benzene ring substituents is 1. The Labute approximate surface area is 173 Å². The molecule has 29 heavy (non-hydrogen) atoms. The summed E-state index contributed by atoms with van der Waals surface area (Å²) in [6.07, 6.45) is 1.05. The van der Waals surface area contributed by atoms with Crippen molar-refractivity contribution in [1.29, 1.82) is 0 Å². The molecule has 1 atom stereocenters. The third kappa shape index (κ3) is 4.75. The van der Waals surface area contributed by atoms with Crippen molar-refractivity contribution in [2.24, 2.45) is 5.92 Å². The van der Waals surface area contributed by atoms with Gasteiger partial charge in [-0.1, -0.05) is 29.3 Å². The molecule has 2 aromatic rings. The van der Waals surface area contributed by atoms with Crippen LogP contribution in [-0.2, 0) is 14.8 Å². The zero-order valence-corrected chi connectivity index (χ0v) is 17.2. The van der Waals surface area contributed by atoms with Gasteiger partial charge in [0.2, 0.25) is 15.9 Å². The summed E-state index contributed by atoms with van der Waals surface area (Å²) >= 11 is 6.03. The molecule has 3 rings (SSSR count). The molecule has 1 fully saturated rings. The lowest BCUT2D eigenvalue weighted by molar-refractivity contribution is -0.384. The molecular weight excluding hydrogens is 418 g/mol. The van der Waals surface area contributed by atoms with Crippen LogP contribution >= 0.6 is 11.6 Å². The number of hydrogen-bond acceptors (Lipinski definition) is 5. The van der Waals surface area contributed by atoms with Crippen molar-refractivity contribution >= 4 is 38.9 Å². The lowest BCUT2D eigenvalue weighted by Gasteiger charge is -2.31. The number of rotatable bonds is 5. The normalized spacial score (nSPS) is 17.7. The number of nitro groups is 1. The highest BCUT2D eigenvalue weighted by molar-refractivity contribution is 7.89. The van der Waals surface area contributed by atoms with E-state index in [9.17, 15) is 23.3 Å². The average Bonchev–Trinajstić information content (AvgIpc) is 2.70. The van der Waals surface area contributed by atoms with Crippen LogP contribution in [0.3, 0.4) is 0 Å². The molecule has 1 N–H and O–H groups in total. The zero-order valence-electron chi connectivity index (χ0n) is 15.7. The van der Waals surface area contributed by atoms with E-state index in [0.29, 0.717) is 19.4 Å². The van der Waals surface area contributed by atoms with Crippen LogP contribution in [0.15, 0.2) is 47.4 Å². The summed E-state index contributed by atoms with van der Waals surface area (Å²) in [5.41, 5.74) is 0.884. The second-order valence-electron chi connectivity index (χ2n) is 6.93. The van der Waals surface area contributed by atoms with E-state index >= 15 is 0 Å². The topological polar surface area (TPSA) is 110 Å². The first-order valence-electron chi connectivity index (χ1n) is 9.00. The fraction of sp³-hybridized carbons (Fsp3) is 0.316. The Bertz CT molecular complexity index is 1040. The Balaban J connectivity index is 1.75. The van der Waals surface area contributed by atoms with E-state index in [1.165, 1.54) is 22.5 Å². The minimum Gasteiger partial charge on any atom is -0.324 e. The third-order valence-corrected chi connectivity index (χ3v) is 7.04. The number of benzene rings is 2. The first kappa shape index (κ1) is 21.2. The van der Waals surface area contributed by atoms with Crippen molar-refractivity contribution in [3.8, 4) is 0 Å². The lowest BCUT2D eigenvalue weighted by atomic mass is 9.98. The number of carbonyl (C=O) groups is 1. The largest absolute Gasteiger partial charge is 0.324 e. The minimum atomic E-state index is -3.71. The second kappa shape index (κ2) is 8.48. The van der Waals surface area contributed by atoms with Crippen LogP contribution in [-0.4, -0.2) is 36.6 Å². The molecule has 1 heterocycles. The van der Waals surface area contributed by atoms with Crippen molar-refractivity contribution in [3.05, 3.63) is 63.2 Å². The predicted octanol–water partition coefficient (Wildman–Crippen LogP) is 3.60. The number of piperidine rings is 1. The van der Waals surface area contributed by atoms with Crippen molar-refractivity contribution in [2.75, 3.05) is 18.4 Å². The number of halogens is 1. The van der Waals surface area contributed by atoms with Crippen LogP contribution in [0, 0.1) is 23.0 Å². The summed E-state index contributed by atoms with van der Waals surface area (Å²) < 4.78 is 27.1. The maximum Gasteiger partial charge on any atom is 0.271 e. The zero-order chi connectivity index (χ0) is 21.2. The van der Waals surface area contributed by atoms with Gasteiger partial charge in [-0.2, -0.15) is 4.31 Å².